The van der Waals surface area contributed by atoms with E-state index >= 15 is 0 Å². The van der Waals surface area contributed by atoms with Gasteiger partial charge in [0, 0.05) is 13.1 Å². The van der Waals surface area contributed by atoms with Crippen molar-refractivity contribution in [3.05, 3.63) is 36.6 Å². The van der Waals surface area contributed by atoms with Gasteiger partial charge in [-0.15, -0.1) is 0 Å². The van der Waals surface area contributed by atoms with E-state index in [-0.39, 0.29) is 18.0 Å². The summed E-state index contributed by atoms with van der Waals surface area (Å²) in [7, 11) is 1.78. The van der Waals surface area contributed by atoms with Crippen LogP contribution in [0.4, 0.5) is 0 Å². The minimum absolute atomic E-state index is 0.0951. The predicted molar refractivity (Wildman–Crippen MR) is 67.3 cm³/mol. The van der Waals surface area contributed by atoms with Crippen molar-refractivity contribution in [3.63, 3.8) is 0 Å². The quantitative estimate of drug-likeness (QED) is 0.293. The van der Waals surface area contributed by atoms with E-state index in [0.29, 0.717) is 6.54 Å². The summed E-state index contributed by atoms with van der Waals surface area (Å²) in [6.45, 7) is 5.36. The van der Waals surface area contributed by atoms with E-state index in [2.05, 4.69) is 6.58 Å². The number of carbonyl (C=O) groups excluding carboxylic acids is 2. The van der Waals surface area contributed by atoms with Crippen LogP contribution >= 0.6 is 0 Å². The molecule has 0 saturated carbocycles. The Kier molecular flexibility index (Phi) is 7.62. The van der Waals surface area contributed by atoms with Crippen molar-refractivity contribution in [2.75, 3.05) is 20.2 Å². The van der Waals surface area contributed by atoms with Crippen LogP contribution in [0, 0.1) is 11.3 Å². The lowest BCUT2D eigenvalue weighted by Crippen LogP contribution is -2.18. The van der Waals surface area contributed by atoms with E-state index in [1.165, 1.54) is 13.0 Å². The van der Waals surface area contributed by atoms with Gasteiger partial charge in [0.2, 0.25) is 0 Å². The summed E-state index contributed by atoms with van der Waals surface area (Å²) in [5.74, 6) is -0.736. The number of carbonyl (C=O) groups is 2. The van der Waals surface area contributed by atoms with E-state index in [1.54, 1.807) is 30.3 Å². The molecule has 0 aliphatic heterocycles. The third-order valence-electron chi connectivity index (χ3n) is 1.96. The molecule has 18 heavy (non-hydrogen) atoms. The molecule has 0 saturated heterocycles. The van der Waals surface area contributed by atoms with Crippen LogP contribution in [-0.2, 0) is 14.3 Å². The van der Waals surface area contributed by atoms with E-state index in [9.17, 15) is 9.59 Å². The summed E-state index contributed by atoms with van der Waals surface area (Å²) in [6.07, 6.45) is 5.82. The number of esters is 1. The average Bonchev–Trinajstić information content (AvgIpc) is 2.33. The first-order valence-electron chi connectivity index (χ1n) is 5.30. The molecule has 0 spiro atoms. The summed E-state index contributed by atoms with van der Waals surface area (Å²) in [5.41, 5.74) is 0.0951. The zero-order chi connectivity index (χ0) is 14.0. The normalized spacial score (nSPS) is 10.8. The summed E-state index contributed by atoms with van der Waals surface area (Å²) >= 11 is 0. The van der Waals surface area contributed by atoms with Gasteiger partial charge in [-0.3, -0.25) is 4.79 Å². The molecule has 0 bridgehead atoms. The van der Waals surface area contributed by atoms with Gasteiger partial charge in [0.1, 0.15) is 12.7 Å². The van der Waals surface area contributed by atoms with Crippen molar-refractivity contribution in [2.24, 2.45) is 0 Å². The Morgan fingerprint density at radius 2 is 2.17 bits per heavy atom. The van der Waals surface area contributed by atoms with Crippen LogP contribution < -0.4 is 0 Å². The van der Waals surface area contributed by atoms with E-state index in [1.807, 2.05) is 0 Å². The number of rotatable bonds is 7. The monoisotopic (exact) mass is 248 g/mol. The van der Waals surface area contributed by atoms with Crippen molar-refractivity contribution in [2.45, 2.75) is 6.92 Å². The summed E-state index contributed by atoms with van der Waals surface area (Å²) in [4.78, 5) is 23.4. The molecule has 0 amide bonds. The first kappa shape index (κ1) is 15.7. The second-order valence-corrected chi connectivity index (χ2v) is 3.44. The van der Waals surface area contributed by atoms with Crippen molar-refractivity contribution < 1.29 is 14.3 Å². The van der Waals surface area contributed by atoms with Gasteiger partial charge in [-0.05, 0) is 25.3 Å². The predicted octanol–water partition coefficient (Wildman–Crippen LogP) is 1.20. The molecular formula is C13H16N2O3. The Morgan fingerprint density at radius 1 is 1.50 bits per heavy atom. The first-order valence-corrected chi connectivity index (χ1v) is 5.30. The lowest BCUT2D eigenvalue weighted by molar-refractivity contribution is -0.137. The second kappa shape index (κ2) is 8.76. The van der Waals surface area contributed by atoms with Gasteiger partial charge in [-0.25, -0.2) is 4.79 Å². The highest BCUT2D eigenvalue weighted by atomic mass is 16.5. The molecule has 0 fully saturated rings. The Balaban J connectivity index is 4.12. The van der Waals surface area contributed by atoms with Crippen LogP contribution in [0.15, 0.2) is 36.6 Å². The largest absolute Gasteiger partial charge is 0.461 e. The lowest BCUT2D eigenvalue weighted by atomic mass is 10.2. The van der Waals surface area contributed by atoms with Gasteiger partial charge in [-0.2, -0.15) is 5.26 Å². The summed E-state index contributed by atoms with van der Waals surface area (Å²) in [5, 5.41) is 8.64. The summed E-state index contributed by atoms with van der Waals surface area (Å²) in [6, 6.07) is 1.80. The number of nitriles is 1. The molecule has 0 radical (unpaired) electrons. The smallest absolute Gasteiger partial charge is 0.330 e. The SMILES string of the molecule is C=CC(=O)OCCN(C)C=CC=C(C#N)C(C)=O. The molecule has 0 aromatic heterocycles. The van der Waals surface area contributed by atoms with Gasteiger partial charge in [0.05, 0.1) is 12.1 Å². The number of hydrogen-bond donors (Lipinski definition) is 0. The molecule has 0 N–H and O–H groups in total. The highest BCUT2D eigenvalue weighted by Crippen LogP contribution is 1.95. The fraction of sp³-hybridized carbons (Fsp3) is 0.308. The molecule has 0 aliphatic carbocycles. The first-order chi connectivity index (χ1) is 8.51. The molecular weight excluding hydrogens is 232 g/mol. The molecule has 0 heterocycles. The van der Waals surface area contributed by atoms with Gasteiger partial charge in [-0.1, -0.05) is 6.58 Å². The maximum absolute atomic E-state index is 10.9. The van der Waals surface area contributed by atoms with Gasteiger partial charge < -0.3 is 9.64 Å². The molecule has 5 nitrogen and oxygen atoms in total. The Bertz CT molecular complexity index is 416. The maximum Gasteiger partial charge on any atom is 0.330 e. The zero-order valence-electron chi connectivity index (χ0n) is 10.5. The Morgan fingerprint density at radius 3 is 2.67 bits per heavy atom. The van der Waals surface area contributed by atoms with Crippen LogP contribution in [0.1, 0.15) is 6.92 Å². The van der Waals surface area contributed by atoms with Crippen LogP contribution in [-0.4, -0.2) is 36.9 Å². The number of likely N-dealkylation sites (N-methyl/N-ethyl adjacent to an activating group) is 1. The topological polar surface area (TPSA) is 70.4 Å². The van der Waals surface area contributed by atoms with Gasteiger partial charge >= 0.3 is 5.97 Å². The number of allylic oxidation sites excluding steroid dienone is 3. The van der Waals surface area contributed by atoms with Gasteiger partial charge in [0.15, 0.2) is 5.78 Å². The van der Waals surface area contributed by atoms with E-state index in [4.69, 9.17) is 10.00 Å². The molecule has 0 aromatic carbocycles. The number of nitrogens with zero attached hydrogens (tertiary/aromatic N) is 2. The summed E-state index contributed by atoms with van der Waals surface area (Å²) < 4.78 is 4.79. The fourth-order valence-corrected chi connectivity index (χ4v) is 0.943. The standard InChI is InChI=1S/C13H16N2O3/c1-4-13(17)18-9-8-15(3)7-5-6-12(10-14)11(2)16/h4-7H,1,8-9H2,2-3H3. The molecule has 0 atom stereocenters. The maximum atomic E-state index is 10.9. The van der Waals surface area contributed by atoms with Crippen LogP contribution in [0.2, 0.25) is 0 Å². The number of ketones is 1. The average molecular weight is 248 g/mol. The molecule has 0 aliphatic rings. The molecule has 0 aromatic rings. The van der Waals surface area contributed by atoms with E-state index in [0.717, 1.165) is 6.08 Å². The fourth-order valence-electron chi connectivity index (χ4n) is 0.943. The highest BCUT2D eigenvalue weighted by Gasteiger charge is 1.99. The van der Waals surface area contributed by atoms with Crippen molar-refractivity contribution in [1.29, 1.82) is 5.26 Å². The van der Waals surface area contributed by atoms with Crippen LogP contribution in [0.5, 0.6) is 0 Å². The van der Waals surface area contributed by atoms with Gasteiger partial charge in [0.25, 0.3) is 0 Å². The second-order valence-electron chi connectivity index (χ2n) is 3.44. The number of ether oxygens (including phenoxy) is 1. The lowest BCUT2D eigenvalue weighted by Gasteiger charge is -2.12. The number of Topliss-reactive ketones (excluding diaryl/α,β-unsaturated/α-hetero) is 1. The number of hydrogen-bond acceptors (Lipinski definition) is 5. The third-order valence-corrected chi connectivity index (χ3v) is 1.96. The molecule has 0 unspecified atom stereocenters. The molecule has 96 valence electrons. The minimum Gasteiger partial charge on any atom is -0.461 e. The van der Waals surface area contributed by atoms with Crippen molar-refractivity contribution in [3.8, 4) is 6.07 Å². The highest BCUT2D eigenvalue weighted by molar-refractivity contribution is 5.97. The molecule has 0 rings (SSSR count). The van der Waals surface area contributed by atoms with Crippen LogP contribution in [0.3, 0.4) is 0 Å². The zero-order valence-corrected chi connectivity index (χ0v) is 10.5. The van der Waals surface area contributed by atoms with Crippen LogP contribution in [0.25, 0.3) is 0 Å². The Hall–Kier alpha value is -2.35. The van der Waals surface area contributed by atoms with Crippen molar-refractivity contribution in [1.82, 2.24) is 4.90 Å². The van der Waals surface area contributed by atoms with Crippen molar-refractivity contribution >= 4 is 11.8 Å². The minimum atomic E-state index is -0.462. The van der Waals surface area contributed by atoms with E-state index < -0.39 is 5.97 Å². The third kappa shape index (κ3) is 7.01. The molecule has 5 heteroatoms. The Labute approximate surface area is 107 Å².